The SMILES string of the molecule is Cc1cc2ccccc2[o+]c1C.[Cl][Zn-]([Cl])[Cl]. The molecule has 1 aromatic carbocycles. The van der Waals surface area contributed by atoms with Gasteiger partial charge in [-0.3, -0.25) is 0 Å². The number of aryl methyl sites for hydroxylation is 2. The van der Waals surface area contributed by atoms with Gasteiger partial charge >= 0.3 is 53.4 Å². The molecule has 1 heterocycles. The molecule has 2 rings (SSSR count). The second-order valence-corrected chi connectivity index (χ2v) is 17.2. The molecule has 1 nitrogen and oxygen atoms in total. The molecule has 2 aromatic rings. The molecule has 5 heteroatoms. The third kappa shape index (κ3) is 4.55. The van der Waals surface area contributed by atoms with Crippen LogP contribution in [0.5, 0.6) is 0 Å². The van der Waals surface area contributed by atoms with E-state index >= 15 is 0 Å². The van der Waals surface area contributed by atoms with Crippen molar-refractivity contribution in [2.45, 2.75) is 13.8 Å². The number of hydrogen-bond donors (Lipinski definition) is 0. The van der Waals surface area contributed by atoms with Crippen molar-refractivity contribution < 1.29 is 17.4 Å². The molecule has 0 N–H and O–H groups in total. The molecular formula is C11H11Cl3OZn. The molecule has 0 unspecified atom stereocenters. The van der Waals surface area contributed by atoms with Crippen molar-refractivity contribution in [3.63, 3.8) is 0 Å². The number of para-hydroxylation sites is 1. The van der Waals surface area contributed by atoms with Crippen LogP contribution in [0.15, 0.2) is 34.7 Å². The fourth-order valence-corrected chi connectivity index (χ4v) is 1.27. The van der Waals surface area contributed by atoms with Gasteiger partial charge in [-0.25, -0.2) is 4.42 Å². The topological polar surface area (TPSA) is 11.3 Å². The summed E-state index contributed by atoms with van der Waals surface area (Å²) in [7, 11) is 15.0. The van der Waals surface area contributed by atoms with E-state index in [2.05, 4.69) is 19.1 Å². The minimum atomic E-state index is -2.21. The maximum atomic E-state index is 5.59. The average Bonchev–Trinajstić information content (AvgIpc) is 2.19. The summed E-state index contributed by atoms with van der Waals surface area (Å²) in [5.74, 6) is 0.994. The van der Waals surface area contributed by atoms with Crippen LogP contribution in [0.4, 0.5) is 0 Å². The summed E-state index contributed by atoms with van der Waals surface area (Å²) in [5.41, 5.74) is 2.16. The average molecular weight is 331 g/mol. The van der Waals surface area contributed by atoms with Gasteiger partial charge in [0.2, 0.25) is 0 Å². The Hall–Kier alpha value is 0.123. The van der Waals surface area contributed by atoms with Crippen LogP contribution in [-0.4, -0.2) is 0 Å². The van der Waals surface area contributed by atoms with Crippen LogP contribution < -0.4 is 0 Å². The summed E-state index contributed by atoms with van der Waals surface area (Å²) >= 11 is -2.21. The zero-order valence-corrected chi connectivity index (χ0v) is 14.4. The third-order valence-electron chi connectivity index (χ3n) is 2.11. The van der Waals surface area contributed by atoms with Gasteiger partial charge in [0.15, 0.2) is 0 Å². The number of benzene rings is 1. The van der Waals surface area contributed by atoms with Crippen molar-refractivity contribution in [3.05, 3.63) is 41.7 Å². The molecule has 0 saturated carbocycles. The molecule has 0 aliphatic heterocycles. The van der Waals surface area contributed by atoms with Crippen molar-refractivity contribution in [3.8, 4) is 0 Å². The van der Waals surface area contributed by atoms with Gasteiger partial charge in [0.1, 0.15) is 0 Å². The Labute approximate surface area is 112 Å². The van der Waals surface area contributed by atoms with Crippen LogP contribution in [0, 0.1) is 13.8 Å². The van der Waals surface area contributed by atoms with E-state index in [-0.39, 0.29) is 0 Å². The van der Waals surface area contributed by atoms with Gasteiger partial charge in [-0.15, -0.1) is 0 Å². The predicted octanol–water partition coefficient (Wildman–Crippen LogP) is 5.40. The van der Waals surface area contributed by atoms with Crippen molar-refractivity contribution in [1.29, 1.82) is 0 Å². The summed E-state index contributed by atoms with van der Waals surface area (Å²) < 4.78 is 5.59. The molecule has 0 fully saturated rings. The van der Waals surface area contributed by atoms with Gasteiger partial charge < -0.3 is 0 Å². The van der Waals surface area contributed by atoms with E-state index < -0.39 is 13.0 Å². The molecule has 16 heavy (non-hydrogen) atoms. The van der Waals surface area contributed by atoms with Crippen molar-refractivity contribution in [2.24, 2.45) is 0 Å². The van der Waals surface area contributed by atoms with E-state index in [9.17, 15) is 0 Å². The van der Waals surface area contributed by atoms with Crippen LogP contribution in [-0.2, 0) is 13.0 Å². The van der Waals surface area contributed by atoms with Gasteiger partial charge in [-0.05, 0) is 19.1 Å². The summed E-state index contributed by atoms with van der Waals surface area (Å²) in [4.78, 5) is 0. The van der Waals surface area contributed by atoms with Crippen LogP contribution in [0.3, 0.4) is 0 Å². The Kier molecular flexibility index (Phi) is 5.99. The van der Waals surface area contributed by atoms with Crippen LogP contribution in [0.1, 0.15) is 11.3 Å². The monoisotopic (exact) mass is 328 g/mol. The summed E-state index contributed by atoms with van der Waals surface area (Å²) in [5, 5.41) is 1.17. The number of rotatable bonds is 0. The fraction of sp³-hybridized carbons (Fsp3) is 0.182. The zero-order valence-electron chi connectivity index (χ0n) is 9.14. The molecule has 1 aromatic heterocycles. The molecule has 84 valence electrons. The second-order valence-electron chi connectivity index (χ2n) is 3.33. The van der Waals surface area contributed by atoms with Gasteiger partial charge in [0, 0.05) is 11.6 Å². The summed E-state index contributed by atoms with van der Waals surface area (Å²) in [6, 6.07) is 10.2. The number of halogens is 3. The molecule has 0 aliphatic carbocycles. The van der Waals surface area contributed by atoms with Gasteiger partial charge in [0.25, 0.3) is 0 Å². The molecule has 0 saturated heterocycles. The first-order valence-electron chi connectivity index (χ1n) is 4.86. The Morgan fingerprint density at radius 2 is 1.62 bits per heavy atom. The van der Waals surface area contributed by atoms with Crippen LogP contribution in [0.2, 0.25) is 0 Å². The fourth-order valence-electron chi connectivity index (χ4n) is 1.27. The zero-order chi connectivity index (χ0) is 12.1. The van der Waals surface area contributed by atoms with E-state index in [0.717, 1.165) is 11.3 Å². The van der Waals surface area contributed by atoms with E-state index in [1.807, 2.05) is 25.1 Å². The standard InChI is InChI=1S/C11H11O.3ClH.Zn/c1-8-7-10-5-3-4-6-11(10)12-9(8)2;;;;/h3-7H,1-2H3;3*1H;/q+1;;;;+2/p-3. The Morgan fingerprint density at radius 3 is 2.25 bits per heavy atom. The number of hydrogen-bond acceptors (Lipinski definition) is 0. The summed E-state index contributed by atoms with van der Waals surface area (Å²) in [6.07, 6.45) is 0. The second kappa shape index (κ2) is 6.76. The van der Waals surface area contributed by atoms with Gasteiger partial charge in [0.05, 0.1) is 12.3 Å². The summed E-state index contributed by atoms with van der Waals surface area (Å²) in [6.45, 7) is 4.05. The first-order chi connectivity index (χ1) is 7.50. The molecule has 0 aliphatic rings. The van der Waals surface area contributed by atoms with Crippen LogP contribution in [0.25, 0.3) is 11.0 Å². The Morgan fingerprint density at radius 1 is 1.06 bits per heavy atom. The molecule has 0 atom stereocenters. The van der Waals surface area contributed by atoms with Crippen molar-refractivity contribution >= 4 is 40.0 Å². The van der Waals surface area contributed by atoms with Crippen molar-refractivity contribution in [1.82, 2.24) is 0 Å². The van der Waals surface area contributed by atoms with E-state index in [0.29, 0.717) is 0 Å². The van der Waals surface area contributed by atoms with Gasteiger partial charge in [-0.2, -0.15) is 0 Å². The molecule has 0 radical (unpaired) electrons. The maximum absolute atomic E-state index is 5.59. The molecule has 0 amide bonds. The number of fused-ring (bicyclic) bond motifs is 1. The third-order valence-corrected chi connectivity index (χ3v) is 2.11. The molecule has 0 bridgehead atoms. The molecular weight excluding hydrogens is 320 g/mol. The quantitative estimate of drug-likeness (QED) is 0.465. The normalized spacial score (nSPS) is 9.56. The van der Waals surface area contributed by atoms with Crippen LogP contribution >= 0.6 is 29.1 Å². The van der Waals surface area contributed by atoms with E-state index in [1.54, 1.807) is 0 Å². The van der Waals surface area contributed by atoms with Crippen molar-refractivity contribution in [2.75, 3.05) is 0 Å². The first-order valence-corrected chi connectivity index (χ1v) is 16.6. The van der Waals surface area contributed by atoms with E-state index in [1.165, 1.54) is 10.9 Å². The minimum absolute atomic E-state index is 0.959. The molecule has 0 spiro atoms. The van der Waals surface area contributed by atoms with Gasteiger partial charge in [-0.1, -0.05) is 12.1 Å². The Bertz CT molecular complexity index is 430. The Balaban J connectivity index is 0.000000280. The van der Waals surface area contributed by atoms with E-state index in [4.69, 9.17) is 33.5 Å². The predicted molar refractivity (Wildman–Crippen MR) is 67.7 cm³/mol. The first kappa shape index (κ1) is 14.2.